The van der Waals surface area contributed by atoms with Gasteiger partial charge in [0.1, 0.15) is 5.75 Å². The lowest BCUT2D eigenvalue weighted by molar-refractivity contribution is -0.144. The number of fused-ring (bicyclic) bond motifs is 3. The fourth-order valence-electron chi connectivity index (χ4n) is 3.64. The number of nitrogens with two attached hydrogens (primary N) is 1. The number of hydrogen-bond acceptors (Lipinski definition) is 3. The predicted octanol–water partition coefficient (Wildman–Crippen LogP) is 4.56. The van der Waals surface area contributed by atoms with Crippen molar-refractivity contribution in [2.75, 3.05) is 0 Å². The van der Waals surface area contributed by atoms with Crippen molar-refractivity contribution in [1.29, 1.82) is 0 Å². The molecule has 0 aliphatic heterocycles. The number of ether oxygens (including phenoxy) is 1. The summed E-state index contributed by atoms with van der Waals surface area (Å²) >= 11 is 3.45. The van der Waals surface area contributed by atoms with Crippen molar-refractivity contribution in [2.24, 2.45) is 5.73 Å². The summed E-state index contributed by atoms with van der Waals surface area (Å²) in [4.78, 5) is 23.5. The third-order valence-corrected chi connectivity index (χ3v) is 5.58. The molecule has 1 unspecified atom stereocenters. The Morgan fingerprint density at radius 1 is 1.03 bits per heavy atom. The molecule has 0 aliphatic carbocycles. The minimum absolute atomic E-state index is 0.367. The fraction of sp³-hybridized carbons (Fsp3) is 0.130. The molecular weight excluding hydrogens is 448 g/mol. The number of halogens is 1. The van der Waals surface area contributed by atoms with Crippen molar-refractivity contribution in [3.8, 4) is 5.75 Å². The lowest BCUT2D eigenvalue weighted by Gasteiger charge is -2.12. The van der Waals surface area contributed by atoms with Crippen LogP contribution in [0.1, 0.15) is 22.8 Å². The number of carbonyl (C=O) groups excluding carboxylic acids is 1. The molecule has 0 fully saturated rings. The molecule has 4 rings (SSSR count). The number of carbonyl (C=O) groups is 2. The molecule has 0 saturated carbocycles. The molecule has 0 bridgehead atoms. The van der Waals surface area contributed by atoms with E-state index in [1.807, 2.05) is 42.5 Å². The first-order valence-corrected chi connectivity index (χ1v) is 10.1. The second kappa shape index (κ2) is 7.84. The quantitative estimate of drug-likeness (QED) is 0.435. The molecular formula is C23H19BrN2O4. The summed E-state index contributed by atoms with van der Waals surface area (Å²) in [5.41, 5.74) is 8.76. The SMILES string of the molecule is CC(Oc1cccc2c1c1c(C(N)=O)cccc1n2Cc1ccc(Br)cc1)C(=O)O. The molecule has 1 atom stereocenters. The number of hydrogen-bond donors (Lipinski definition) is 2. The number of carboxylic acid groups (broad SMARTS) is 1. The van der Waals surface area contributed by atoms with Crippen LogP contribution in [0.5, 0.6) is 5.75 Å². The number of benzene rings is 3. The first-order chi connectivity index (χ1) is 14.4. The second-order valence-electron chi connectivity index (χ2n) is 7.03. The van der Waals surface area contributed by atoms with E-state index in [-0.39, 0.29) is 0 Å². The number of rotatable bonds is 6. The highest BCUT2D eigenvalue weighted by Crippen LogP contribution is 2.38. The summed E-state index contributed by atoms with van der Waals surface area (Å²) in [5, 5.41) is 10.6. The van der Waals surface area contributed by atoms with Gasteiger partial charge >= 0.3 is 5.97 Å². The maximum atomic E-state index is 12.2. The van der Waals surface area contributed by atoms with Crippen molar-refractivity contribution in [3.05, 3.63) is 76.3 Å². The van der Waals surface area contributed by atoms with Crippen molar-refractivity contribution in [3.63, 3.8) is 0 Å². The number of carboxylic acids is 1. The minimum atomic E-state index is -1.07. The van der Waals surface area contributed by atoms with Gasteiger partial charge in [-0.05, 0) is 48.9 Å². The molecule has 3 aromatic carbocycles. The van der Waals surface area contributed by atoms with Crippen LogP contribution < -0.4 is 10.5 Å². The van der Waals surface area contributed by atoms with Crippen LogP contribution >= 0.6 is 15.9 Å². The zero-order chi connectivity index (χ0) is 21.4. The third kappa shape index (κ3) is 3.52. The van der Waals surface area contributed by atoms with Gasteiger partial charge in [-0.3, -0.25) is 4.79 Å². The van der Waals surface area contributed by atoms with E-state index in [0.717, 1.165) is 21.1 Å². The highest BCUT2D eigenvalue weighted by atomic mass is 79.9. The van der Waals surface area contributed by atoms with E-state index in [0.29, 0.717) is 28.6 Å². The number of aromatic nitrogens is 1. The molecule has 1 amide bonds. The van der Waals surface area contributed by atoms with Gasteiger partial charge in [-0.1, -0.05) is 40.2 Å². The molecule has 6 nitrogen and oxygen atoms in total. The summed E-state index contributed by atoms with van der Waals surface area (Å²) in [6, 6.07) is 18.8. The highest BCUT2D eigenvalue weighted by Gasteiger charge is 2.22. The lowest BCUT2D eigenvalue weighted by Crippen LogP contribution is -2.22. The Kier molecular flexibility index (Phi) is 5.22. The van der Waals surface area contributed by atoms with Gasteiger partial charge < -0.3 is 20.1 Å². The Morgan fingerprint density at radius 3 is 2.30 bits per heavy atom. The summed E-state index contributed by atoms with van der Waals surface area (Å²) in [6.45, 7) is 2.03. The zero-order valence-corrected chi connectivity index (χ0v) is 17.7. The Hall–Kier alpha value is -3.32. The van der Waals surface area contributed by atoms with Gasteiger partial charge in [0.05, 0.1) is 16.4 Å². The molecule has 7 heteroatoms. The van der Waals surface area contributed by atoms with E-state index < -0.39 is 18.0 Å². The lowest BCUT2D eigenvalue weighted by atomic mass is 10.1. The molecule has 0 saturated heterocycles. The van der Waals surface area contributed by atoms with Crippen molar-refractivity contribution in [1.82, 2.24) is 4.57 Å². The van der Waals surface area contributed by atoms with Gasteiger partial charge in [0.25, 0.3) is 0 Å². The van der Waals surface area contributed by atoms with E-state index >= 15 is 0 Å². The molecule has 1 aromatic heterocycles. The topological polar surface area (TPSA) is 94.5 Å². The van der Waals surface area contributed by atoms with E-state index in [2.05, 4.69) is 20.5 Å². The van der Waals surface area contributed by atoms with E-state index in [4.69, 9.17) is 10.5 Å². The molecule has 0 spiro atoms. The molecule has 4 aromatic rings. The van der Waals surface area contributed by atoms with Crippen LogP contribution in [-0.2, 0) is 11.3 Å². The van der Waals surface area contributed by atoms with Crippen molar-refractivity contribution >= 4 is 49.6 Å². The highest BCUT2D eigenvalue weighted by molar-refractivity contribution is 9.10. The minimum Gasteiger partial charge on any atom is -0.479 e. The van der Waals surface area contributed by atoms with Crippen LogP contribution in [0.25, 0.3) is 21.8 Å². The van der Waals surface area contributed by atoms with Crippen LogP contribution in [0.2, 0.25) is 0 Å². The van der Waals surface area contributed by atoms with Crippen LogP contribution in [0.15, 0.2) is 65.1 Å². The van der Waals surface area contributed by atoms with E-state index in [1.165, 1.54) is 6.92 Å². The summed E-state index contributed by atoms with van der Waals surface area (Å²) < 4.78 is 8.81. The van der Waals surface area contributed by atoms with Crippen LogP contribution in [0, 0.1) is 0 Å². The van der Waals surface area contributed by atoms with E-state index in [9.17, 15) is 14.7 Å². The molecule has 30 heavy (non-hydrogen) atoms. The van der Waals surface area contributed by atoms with Crippen molar-refractivity contribution < 1.29 is 19.4 Å². The maximum absolute atomic E-state index is 12.2. The van der Waals surface area contributed by atoms with Crippen LogP contribution in [0.3, 0.4) is 0 Å². The molecule has 0 aliphatic rings. The number of aliphatic carboxylic acids is 1. The predicted molar refractivity (Wildman–Crippen MR) is 119 cm³/mol. The largest absolute Gasteiger partial charge is 0.479 e. The Morgan fingerprint density at radius 2 is 1.67 bits per heavy atom. The Bertz CT molecular complexity index is 1280. The number of nitrogens with zero attached hydrogens (tertiary/aromatic N) is 1. The number of primary amides is 1. The molecule has 0 radical (unpaired) electrons. The van der Waals surface area contributed by atoms with Gasteiger partial charge in [0.15, 0.2) is 6.10 Å². The van der Waals surface area contributed by atoms with Gasteiger partial charge in [-0.2, -0.15) is 0 Å². The summed E-state index contributed by atoms with van der Waals surface area (Å²) in [7, 11) is 0. The summed E-state index contributed by atoms with van der Waals surface area (Å²) in [5.74, 6) is -1.22. The van der Waals surface area contributed by atoms with E-state index in [1.54, 1.807) is 18.2 Å². The molecule has 3 N–H and O–H groups in total. The Labute approximate surface area is 181 Å². The normalized spacial score (nSPS) is 12.2. The van der Waals surface area contributed by atoms with Crippen LogP contribution in [0.4, 0.5) is 0 Å². The zero-order valence-electron chi connectivity index (χ0n) is 16.1. The van der Waals surface area contributed by atoms with Gasteiger partial charge in [-0.25, -0.2) is 4.79 Å². The summed E-state index contributed by atoms with van der Waals surface area (Å²) in [6.07, 6.45) is -1.04. The van der Waals surface area contributed by atoms with Crippen molar-refractivity contribution in [2.45, 2.75) is 19.6 Å². The maximum Gasteiger partial charge on any atom is 0.344 e. The number of amides is 1. The average molecular weight is 467 g/mol. The van der Waals surface area contributed by atoms with Crippen LogP contribution in [-0.4, -0.2) is 27.7 Å². The second-order valence-corrected chi connectivity index (χ2v) is 7.94. The molecule has 1 heterocycles. The fourth-order valence-corrected chi connectivity index (χ4v) is 3.90. The first kappa shape index (κ1) is 20.0. The third-order valence-electron chi connectivity index (χ3n) is 5.05. The van der Waals surface area contributed by atoms with Gasteiger partial charge in [0, 0.05) is 22.0 Å². The smallest absolute Gasteiger partial charge is 0.344 e. The first-order valence-electron chi connectivity index (χ1n) is 9.34. The molecule has 152 valence electrons. The Balaban J connectivity index is 2.01. The monoisotopic (exact) mass is 466 g/mol. The van der Waals surface area contributed by atoms with Gasteiger partial charge in [0.2, 0.25) is 5.91 Å². The average Bonchev–Trinajstić information content (AvgIpc) is 3.04. The van der Waals surface area contributed by atoms with Gasteiger partial charge in [-0.15, -0.1) is 0 Å². The standard InChI is InChI=1S/C23H19BrN2O4/c1-13(23(28)29)30-19-7-3-6-18-21(19)20-16(22(25)27)4-2-5-17(20)26(18)12-14-8-10-15(24)11-9-14/h2-11,13H,12H2,1H3,(H2,25,27)(H,28,29).